The van der Waals surface area contributed by atoms with Crippen LogP contribution in [0.15, 0.2) is 23.2 Å². The lowest BCUT2D eigenvalue weighted by atomic mass is 9.99. The molecule has 2 aliphatic heterocycles. The molecular formula is C19H25N3O4S. The van der Waals surface area contributed by atoms with Crippen molar-refractivity contribution in [1.82, 2.24) is 14.4 Å². The van der Waals surface area contributed by atoms with E-state index in [1.807, 2.05) is 29.9 Å². The highest BCUT2D eigenvalue weighted by Crippen LogP contribution is 2.32. The Morgan fingerprint density at radius 2 is 2.19 bits per heavy atom. The number of thioether (sulfide) groups is 1. The maximum atomic E-state index is 12.6. The molecule has 1 atom stereocenters. The first kappa shape index (κ1) is 19.7. The fourth-order valence-corrected chi connectivity index (χ4v) is 4.43. The van der Waals surface area contributed by atoms with Gasteiger partial charge in [0.15, 0.2) is 0 Å². The molecule has 2 aliphatic rings. The van der Waals surface area contributed by atoms with Crippen molar-refractivity contribution in [2.24, 2.45) is 7.05 Å². The Bertz CT molecular complexity index is 756. The summed E-state index contributed by atoms with van der Waals surface area (Å²) in [6.45, 7) is 0.830. The number of nitrogens with zero attached hydrogens (tertiary/aromatic N) is 3. The van der Waals surface area contributed by atoms with Crippen molar-refractivity contribution in [2.45, 2.75) is 38.1 Å². The molecule has 2 fully saturated rings. The number of amides is 3. The van der Waals surface area contributed by atoms with Crippen LogP contribution in [0.5, 0.6) is 0 Å². The molecule has 27 heavy (non-hydrogen) atoms. The predicted molar refractivity (Wildman–Crippen MR) is 104 cm³/mol. The first-order valence-corrected chi connectivity index (χ1v) is 10.1. The molecule has 3 heterocycles. The number of piperidine rings is 1. The summed E-state index contributed by atoms with van der Waals surface area (Å²) in [6, 6.07) is 3.80. The molecule has 1 unspecified atom stereocenters. The zero-order valence-electron chi connectivity index (χ0n) is 15.5. The third-order valence-corrected chi connectivity index (χ3v) is 6.00. The highest BCUT2D eigenvalue weighted by Gasteiger charge is 2.36. The van der Waals surface area contributed by atoms with Gasteiger partial charge in [0.05, 0.1) is 4.91 Å². The van der Waals surface area contributed by atoms with Gasteiger partial charge in [0.25, 0.3) is 11.1 Å². The second-order valence-electron chi connectivity index (χ2n) is 6.88. The molecule has 146 valence electrons. The van der Waals surface area contributed by atoms with E-state index in [9.17, 15) is 19.5 Å². The monoisotopic (exact) mass is 391 g/mol. The number of hydrogen-bond donors (Lipinski definition) is 1. The highest BCUT2D eigenvalue weighted by atomic mass is 32.2. The molecule has 0 aromatic carbocycles. The van der Waals surface area contributed by atoms with E-state index >= 15 is 0 Å². The molecule has 0 aliphatic carbocycles. The molecule has 2 saturated heterocycles. The van der Waals surface area contributed by atoms with E-state index in [1.54, 1.807) is 11.0 Å². The number of carbonyl (C=O) groups excluding carboxylic acids is 3. The van der Waals surface area contributed by atoms with Crippen LogP contribution in [0.3, 0.4) is 0 Å². The summed E-state index contributed by atoms with van der Waals surface area (Å²) in [5, 5.41) is 8.86. The van der Waals surface area contributed by atoms with E-state index in [0.717, 1.165) is 41.6 Å². The first-order chi connectivity index (χ1) is 13.0. The standard InChI is InChI=1S/C19H25N3O4S/c1-20-9-4-6-15(20)13-16-18(25)22(19(26)27-16)11-7-17(24)21-10-3-2-5-14(21)8-12-23/h4,6,9,13-14,23H,2-3,5,7-8,10-12H2,1H3. The third-order valence-electron chi connectivity index (χ3n) is 5.10. The molecule has 0 spiro atoms. The van der Waals surface area contributed by atoms with E-state index in [4.69, 9.17) is 0 Å². The van der Waals surface area contributed by atoms with Crippen LogP contribution in [0.4, 0.5) is 4.79 Å². The Morgan fingerprint density at radius 1 is 1.37 bits per heavy atom. The Morgan fingerprint density at radius 3 is 2.89 bits per heavy atom. The summed E-state index contributed by atoms with van der Waals surface area (Å²) in [5.41, 5.74) is 0.844. The van der Waals surface area contributed by atoms with Crippen LogP contribution in [-0.2, 0) is 16.6 Å². The van der Waals surface area contributed by atoms with Crippen molar-refractivity contribution < 1.29 is 19.5 Å². The molecule has 3 rings (SSSR count). The van der Waals surface area contributed by atoms with Crippen LogP contribution in [-0.4, -0.2) is 62.3 Å². The van der Waals surface area contributed by atoms with E-state index in [-0.39, 0.29) is 42.7 Å². The first-order valence-electron chi connectivity index (χ1n) is 9.28. The number of rotatable bonds is 6. The van der Waals surface area contributed by atoms with E-state index in [2.05, 4.69) is 0 Å². The molecule has 1 N–H and O–H groups in total. The molecule has 0 radical (unpaired) electrons. The van der Waals surface area contributed by atoms with Crippen molar-refractivity contribution in [3.63, 3.8) is 0 Å². The summed E-state index contributed by atoms with van der Waals surface area (Å²) < 4.78 is 1.87. The summed E-state index contributed by atoms with van der Waals surface area (Å²) in [7, 11) is 1.87. The van der Waals surface area contributed by atoms with Gasteiger partial charge in [-0.05, 0) is 55.7 Å². The van der Waals surface area contributed by atoms with Crippen LogP contribution in [0.1, 0.15) is 37.8 Å². The molecule has 1 aromatic heterocycles. The van der Waals surface area contributed by atoms with Gasteiger partial charge in [-0.1, -0.05) is 0 Å². The van der Waals surface area contributed by atoms with Crippen molar-refractivity contribution in [2.75, 3.05) is 19.7 Å². The minimum atomic E-state index is -0.343. The van der Waals surface area contributed by atoms with Gasteiger partial charge in [0.2, 0.25) is 5.91 Å². The molecule has 0 bridgehead atoms. The topological polar surface area (TPSA) is 82.8 Å². The maximum Gasteiger partial charge on any atom is 0.293 e. The van der Waals surface area contributed by atoms with Crippen molar-refractivity contribution in [3.05, 3.63) is 28.9 Å². The van der Waals surface area contributed by atoms with Gasteiger partial charge >= 0.3 is 0 Å². The Labute approximate surface area is 163 Å². The quantitative estimate of drug-likeness (QED) is 0.752. The van der Waals surface area contributed by atoms with Gasteiger partial charge in [-0.25, -0.2) is 0 Å². The average molecular weight is 391 g/mol. The van der Waals surface area contributed by atoms with Gasteiger partial charge in [-0.15, -0.1) is 0 Å². The number of aryl methyl sites for hydroxylation is 1. The summed E-state index contributed by atoms with van der Waals surface area (Å²) in [4.78, 5) is 40.7. The molecule has 1 aromatic rings. The second-order valence-corrected chi connectivity index (χ2v) is 7.87. The molecule has 3 amide bonds. The van der Waals surface area contributed by atoms with E-state index < -0.39 is 0 Å². The normalized spacial score (nSPS) is 22.1. The maximum absolute atomic E-state index is 12.6. The van der Waals surface area contributed by atoms with Crippen LogP contribution >= 0.6 is 11.8 Å². The molecular weight excluding hydrogens is 366 g/mol. The number of carbonyl (C=O) groups is 3. The Hall–Kier alpha value is -2.06. The van der Waals surface area contributed by atoms with Gasteiger partial charge in [-0.3, -0.25) is 19.3 Å². The lowest BCUT2D eigenvalue weighted by molar-refractivity contribution is -0.135. The van der Waals surface area contributed by atoms with Crippen molar-refractivity contribution in [3.8, 4) is 0 Å². The minimum Gasteiger partial charge on any atom is -0.396 e. The number of aromatic nitrogens is 1. The van der Waals surface area contributed by atoms with Crippen LogP contribution in [0.25, 0.3) is 6.08 Å². The minimum absolute atomic E-state index is 0.0568. The zero-order valence-corrected chi connectivity index (χ0v) is 16.3. The fourth-order valence-electron chi connectivity index (χ4n) is 3.58. The number of likely N-dealkylation sites (tertiary alicyclic amines) is 1. The Balaban J connectivity index is 1.61. The highest BCUT2D eigenvalue weighted by molar-refractivity contribution is 8.18. The SMILES string of the molecule is Cn1cccc1C=C1SC(=O)N(CCC(=O)N2CCCCC2CCO)C1=O. The summed E-state index contributed by atoms with van der Waals surface area (Å²) >= 11 is 0.912. The number of aliphatic hydroxyl groups excluding tert-OH is 1. The van der Waals surface area contributed by atoms with Crippen LogP contribution in [0.2, 0.25) is 0 Å². The average Bonchev–Trinajstić information content (AvgIpc) is 3.17. The third kappa shape index (κ3) is 4.44. The van der Waals surface area contributed by atoms with Gasteiger partial charge in [-0.2, -0.15) is 0 Å². The molecule has 8 heteroatoms. The number of aliphatic hydroxyl groups is 1. The van der Waals surface area contributed by atoms with Gasteiger partial charge < -0.3 is 14.6 Å². The summed E-state index contributed by atoms with van der Waals surface area (Å²) in [5.74, 6) is -0.400. The summed E-state index contributed by atoms with van der Waals surface area (Å²) in [6.07, 6.45) is 7.18. The van der Waals surface area contributed by atoms with Crippen molar-refractivity contribution >= 4 is 34.9 Å². The predicted octanol–water partition coefficient (Wildman–Crippen LogP) is 2.22. The fraction of sp³-hybridized carbons (Fsp3) is 0.526. The van der Waals surface area contributed by atoms with Gasteiger partial charge in [0, 0.05) is 51.1 Å². The van der Waals surface area contributed by atoms with E-state index in [1.165, 1.54) is 0 Å². The van der Waals surface area contributed by atoms with Crippen LogP contribution < -0.4 is 0 Å². The largest absolute Gasteiger partial charge is 0.396 e. The van der Waals surface area contributed by atoms with Gasteiger partial charge in [0.1, 0.15) is 0 Å². The van der Waals surface area contributed by atoms with Crippen LogP contribution in [0, 0.1) is 0 Å². The molecule has 7 nitrogen and oxygen atoms in total. The van der Waals surface area contributed by atoms with Crippen molar-refractivity contribution in [1.29, 1.82) is 0 Å². The molecule has 0 saturated carbocycles. The zero-order chi connectivity index (χ0) is 19.4. The lowest BCUT2D eigenvalue weighted by Crippen LogP contribution is -2.45. The number of imide groups is 1. The lowest BCUT2D eigenvalue weighted by Gasteiger charge is -2.36. The van der Waals surface area contributed by atoms with E-state index in [0.29, 0.717) is 17.9 Å². The smallest absolute Gasteiger partial charge is 0.293 e. The second kappa shape index (κ2) is 8.75. The number of hydrogen-bond acceptors (Lipinski definition) is 5. The Kier molecular flexibility index (Phi) is 6.38.